The van der Waals surface area contributed by atoms with E-state index < -0.39 is 6.67 Å². The molecule has 0 aliphatic carbocycles. The maximum atomic E-state index is 12.1. The third kappa shape index (κ3) is 5.55. The first-order chi connectivity index (χ1) is 9.37. The van der Waals surface area contributed by atoms with Gasteiger partial charge in [0.25, 0.3) is 0 Å². The summed E-state index contributed by atoms with van der Waals surface area (Å²) in [7, 11) is 1.56. The van der Waals surface area contributed by atoms with E-state index in [1.807, 2.05) is 12.1 Å². The predicted octanol–water partition coefficient (Wildman–Crippen LogP) is 3.98. The molecule has 0 spiro atoms. The summed E-state index contributed by atoms with van der Waals surface area (Å²) in [5.41, 5.74) is 1.04. The number of hydrogen-bond donors (Lipinski definition) is 1. The Morgan fingerprint density at radius 1 is 1.30 bits per heavy atom. The molecule has 114 valence electrons. The summed E-state index contributed by atoms with van der Waals surface area (Å²) in [5.74, 6) is 1.05. The molecule has 3 nitrogen and oxygen atoms in total. The molecule has 20 heavy (non-hydrogen) atoms. The van der Waals surface area contributed by atoms with Crippen molar-refractivity contribution in [3.63, 3.8) is 0 Å². The average Bonchev–Trinajstić information content (AvgIpc) is 2.37. The lowest BCUT2D eigenvalue weighted by atomic mass is 10.1. The lowest BCUT2D eigenvalue weighted by Gasteiger charge is -2.21. The minimum atomic E-state index is -0.409. The molecule has 0 saturated carbocycles. The molecule has 0 fully saturated rings. The van der Waals surface area contributed by atoms with Gasteiger partial charge in [0.2, 0.25) is 0 Å². The van der Waals surface area contributed by atoms with Gasteiger partial charge in [-0.3, -0.25) is 4.39 Å². The van der Waals surface area contributed by atoms with E-state index >= 15 is 0 Å². The fourth-order valence-electron chi connectivity index (χ4n) is 1.61. The highest BCUT2D eigenvalue weighted by atomic mass is 35.5. The summed E-state index contributed by atoms with van der Waals surface area (Å²) in [6.07, 6.45) is 0.340. The van der Waals surface area contributed by atoms with E-state index in [1.165, 1.54) is 0 Å². The van der Waals surface area contributed by atoms with E-state index in [-0.39, 0.29) is 12.1 Å². The van der Waals surface area contributed by atoms with Crippen molar-refractivity contribution in [1.82, 2.24) is 5.32 Å². The van der Waals surface area contributed by atoms with Crippen LogP contribution in [-0.4, -0.2) is 25.9 Å². The summed E-state index contributed by atoms with van der Waals surface area (Å²) >= 11 is 6.22. The number of hydrogen-bond acceptors (Lipinski definition) is 3. The van der Waals surface area contributed by atoms with Crippen LogP contribution in [0.5, 0.6) is 11.5 Å². The van der Waals surface area contributed by atoms with Gasteiger partial charge in [-0.2, -0.15) is 0 Å². The third-order valence-corrected chi connectivity index (χ3v) is 2.92. The molecular formula is C15H23ClFNO2. The standard InChI is InChI=1S/C15H23ClFNO2/c1-15(2,3)18-10-11-8-12(16)14(13(9-11)19-4)20-7-5-6-17/h8-9,18H,5-7,10H2,1-4H3. The van der Waals surface area contributed by atoms with Gasteiger partial charge in [0.15, 0.2) is 11.5 Å². The zero-order valence-corrected chi connectivity index (χ0v) is 13.3. The zero-order chi connectivity index (χ0) is 15.2. The molecule has 0 amide bonds. The van der Waals surface area contributed by atoms with Gasteiger partial charge in [0.05, 0.1) is 25.4 Å². The maximum absolute atomic E-state index is 12.1. The van der Waals surface area contributed by atoms with Gasteiger partial charge in [-0.15, -0.1) is 0 Å². The van der Waals surface area contributed by atoms with Crippen LogP contribution in [0.2, 0.25) is 5.02 Å². The quantitative estimate of drug-likeness (QED) is 0.773. The van der Waals surface area contributed by atoms with Gasteiger partial charge >= 0.3 is 0 Å². The first-order valence-corrected chi connectivity index (χ1v) is 7.05. The SMILES string of the molecule is COc1cc(CNC(C)(C)C)cc(Cl)c1OCCCF. The molecule has 1 N–H and O–H groups in total. The molecule has 0 radical (unpaired) electrons. The summed E-state index contributed by atoms with van der Waals surface area (Å²) in [6.45, 7) is 6.85. The molecular weight excluding hydrogens is 281 g/mol. The topological polar surface area (TPSA) is 30.5 Å². The molecule has 0 atom stereocenters. The molecule has 0 aliphatic heterocycles. The molecule has 0 unspecified atom stereocenters. The van der Waals surface area contributed by atoms with Crippen LogP contribution in [0.25, 0.3) is 0 Å². The summed E-state index contributed by atoms with van der Waals surface area (Å²) in [6, 6.07) is 3.73. The Labute approximate surface area is 125 Å². The van der Waals surface area contributed by atoms with Gasteiger partial charge in [0, 0.05) is 18.5 Å². The Balaban J connectivity index is 2.83. The van der Waals surface area contributed by atoms with Crippen molar-refractivity contribution < 1.29 is 13.9 Å². The largest absolute Gasteiger partial charge is 0.493 e. The molecule has 0 bridgehead atoms. The Hall–Kier alpha value is -1.00. The van der Waals surface area contributed by atoms with Crippen molar-refractivity contribution >= 4 is 11.6 Å². The third-order valence-electron chi connectivity index (χ3n) is 2.64. The van der Waals surface area contributed by atoms with Crippen LogP contribution in [0.4, 0.5) is 4.39 Å². The second-order valence-electron chi connectivity index (χ2n) is 5.60. The fourth-order valence-corrected chi connectivity index (χ4v) is 1.90. The van der Waals surface area contributed by atoms with E-state index in [4.69, 9.17) is 21.1 Å². The molecule has 0 saturated heterocycles. The van der Waals surface area contributed by atoms with Crippen molar-refractivity contribution in [1.29, 1.82) is 0 Å². The monoisotopic (exact) mass is 303 g/mol. The van der Waals surface area contributed by atoms with E-state index in [9.17, 15) is 4.39 Å². The van der Waals surface area contributed by atoms with E-state index in [0.29, 0.717) is 29.5 Å². The highest BCUT2D eigenvalue weighted by molar-refractivity contribution is 6.32. The van der Waals surface area contributed by atoms with Crippen molar-refractivity contribution in [3.8, 4) is 11.5 Å². The first-order valence-electron chi connectivity index (χ1n) is 6.67. The van der Waals surface area contributed by atoms with Gasteiger partial charge in [-0.1, -0.05) is 11.6 Å². The highest BCUT2D eigenvalue weighted by Crippen LogP contribution is 2.36. The summed E-state index contributed by atoms with van der Waals surface area (Å²) < 4.78 is 22.9. The summed E-state index contributed by atoms with van der Waals surface area (Å²) in [5, 5.41) is 3.86. The minimum absolute atomic E-state index is 0.0238. The van der Waals surface area contributed by atoms with Crippen LogP contribution in [-0.2, 0) is 6.54 Å². The number of benzene rings is 1. The Morgan fingerprint density at radius 2 is 2.00 bits per heavy atom. The van der Waals surface area contributed by atoms with Crippen LogP contribution in [0.1, 0.15) is 32.8 Å². The molecule has 1 aromatic carbocycles. The Bertz CT molecular complexity index is 433. The van der Waals surface area contributed by atoms with E-state index in [0.717, 1.165) is 5.56 Å². The lowest BCUT2D eigenvalue weighted by Crippen LogP contribution is -2.35. The normalized spacial score (nSPS) is 11.5. The smallest absolute Gasteiger partial charge is 0.179 e. The second kappa shape index (κ2) is 7.70. The van der Waals surface area contributed by atoms with Crippen LogP contribution in [0, 0.1) is 0 Å². The summed E-state index contributed by atoms with van der Waals surface area (Å²) in [4.78, 5) is 0. The minimum Gasteiger partial charge on any atom is -0.493 e. The number of methoxy groups -OCH3 is 1. The number of rotatable bonds is 7. The number of alkyl halides is 1. The second-order valence-corrected chi connectivity index (χ2v) is 6.01. The molecule has 0 heterocycles. The number of ether oxygens (including phenoxy) is 2. The fraction of sp³-hybridized carbons (Fsp3) is 0.600. The molecule has 5 heteroatoms. The predicted molar refractivity (Wildman–Crippen MR) is 80.7 cm³/mol. The zero-order valence-electron chi connectivity index (χ0n) is 12.6. The molecule has 1 rings (SSSR count). The van der Waals surface area contributed by atoms with E-state index in [2.05, 4.69) is 26.1 Å². The van der Waals surface area contributed by atoms with Crippen molar-refractivity contribution in [3.05, 3.63) is 22.7 Å². The van der Waals surface area contributed by atoms with Crippen LogP contribution in [0.3, 0.4) is 0 Å². The average molecular weight is 304 g/mol. The van der Waals surface area contributed by atoms with Gasteiger partial charge in [-0.25, -0.2) is 0 Å². The number of nitrogens with one attached hydrogen (secondary N) is 1. The maximum Gasteiger partial charge on any atom is 0.179 e. The van der Waals surface area contributed by atoms with Crippen LogP contribution < -0.4 is 14.8 Å². The molecule has 0 aliphatic rings. The van der Waals surface area contributed by atoms with Crippen LogP contribution in [0.15, 0.2) is 12.1 Å². The van der Waals surface area contributed by atoms with Gasteiger partial charge in [0.1, 0.15) is 0 Å². The van der Waals surface area contributed by atoms with Gasteiger partial charge < -0.3 is 14.8 Å². The lowest BCUT2D eigenvalue weighted by molar-refractivity contribution is 0.274. The van der Waals surface area contributed by atoms with Crippen molar-refractivity contribution in [2.75, 3.05) is 20.4 Å². The van der Waals surface area contributed by atoms with Crippen molar-refractivity contribution in [2.45, 2.75) is 39.3 Å². The van der Waals surface area contributed by atoms with E-state index in [1.54, 1.807) is 7.11 Å². The van der Waals surface area contributed by atoms with Crippen LogP contribution >= 0.6 is 11.6 Å². The molecule has 1 aromatic rings. The first kappa shape index (κ1) is 17.1. The highest BCUT2D eigenvalue weighted by Gasteiger charge is 2.14. The Kier molecular flexibility index (Phi) is 6.56. The molecule has 0 aromatic heterocycles. The van der Waals surface area contributed by atoms with Gasteiger partial charge in [-0.05, 0) is 38.5 Å². The van der Waals surface area contributed by atoms with Crippen molar-refractivity contribution in [2.24, 2.45) is 0 Å². The Morgan fingerprint density at radius 3 is 2.55 bits per heavy atom. The number of halogens is 2.